The molecule has 2 aromatic rings. The van der Waals surface area contributed by atoms with Crippen molar-refractivity contribution >= 4 is 28.8 Å². The van der Waals surface area contributed by atoms with Crippen molar-refractivity contribution in [3.05, 3.63) is 48.5 Å². The number of nitrogens with zero attached hydrogens (tertiary/aromatic N) is 1. The molecule has 17 heavy (non-hydrogen) atoms. The van der Waals surface area contributed by atoms with Gasteiger partial charge in [-0.2, -0.15) is 0 Å². The Bertz CT molecular complexity index is 494. The molecule has 2 rings (SSSR count). The highest BCUT2D eigenvalue weighted by Gasteiger charge is 2.06. The van der Waals surface area contributed by atoms with E-state index in [1.807, 2.05) is 31.3 Å². The molecule has 0 saturated heterocycles. The normalized spacial score (nSPS) is 10.2. The fourth-order valence-corrected chi connectivity index (χ4v) is 2.15. The van der Waals surface area contributed by atoms with Crippen molar-refractivity contribution in [1.82, 2.24) is 0 Å². The highest BCUT2D eigenvalue weighted by atomic mass is 32.2. The van der Waals surface area contributed by atoms with Gasteiger partial charge in [-0.1, -0.05) is 12.1 Å². The second kappa shape index (κ2) is 5.15. The molecule has 0 unspecified atom stereocenters. The number of nitrogen functional groups attached to an aromatic ring is 1. The Hall–Kier alpha value is -1.61. The molecule has 0 aliphatic rings. The van der Waals surface area contributed by atoms with Crippen molar-refractivity contribution in [2.75, 3.05) is 23.9 Å². The van der Waals surface area contributed by atoms with Crippen LogP contribution in [0.15, 0.2) is 53.4 Å². The van der Waals surface area contributed by atoms with Crippen LogP contribution in [0.25, 0.3) is 0 Å². The number of hydrogen-bond acceptors (Lipinski definition) is 3. The lowest BCUT2D eigenvalue weighted by Gasteiger charge is -2.21. The Morgan fingerprint density at radius 2 is 1.65 bits per heavy atom. The van der Waals surface area contributed by atoms with E-state index in [4.69, 9.17) is 5.73 Å². The minimum Gasteiger partial charge on any atom is -0.397 e. The first-order chi connectivity index (χ1) is 8.22. The van der Waals surface area contributed by atoms with E-state index >= 15 is 0 Å². The van der Waals surface area contributed by atoms with Gasteiger partial charge in [0.25, 0.3) is 0 Å². The van der Waals surface area contributed by atoms with Gasteiger partial charge in [-0.05, 0) is 42.7 Å². The molecule has 0 heterocycles. The van der Waals surface area contributed by atoms with E-state index in [0.717, 1.165) is 17.1 Å². The Morgan fingerprint density at radius 3 is 2.24 bits per heavy atom. The van der Waals surface area contributed by atoms with Crippen LogP contribution < -0.4 is 10.6 Å². The van der Waals surface area contributed by atoms with Crippen LogP contribution in [-0.4, -0.2) is 13.3 Å². The number of nitrogens with two attached hydrogens (primary N) is 1. The zero-order valence-electron chi connectivity index (χ0n) is 10.1. The Kier molecular flexibility index (Phi) is 3.59. The molecule has 0 aromatic heterocycles. The van der Waals surface area contributed by atoms with Crippen LogP contribution in [0.5, 0.6) is 0 Å². The molecule has 0 fully saturated rings. The van der Waals surface area contributed by atoms with E-state index in [2.05, 4.69) is 35.4 Å². The monoisotopic (exact) mass is 244 g/mol. The zero-order valence-corrected chi connectivity index (χ0v) is 10.9. The lowest BCUT2D eigenvalue weighted by atomic mass is 10.2. The summed E-state index contributed by atoms with van der Waals surface area (Å²) in [5.41, 5.74) is 8.94. The number of thioether (sulfide) groups is 1. The van der Waals surface area contributed by atoms with E-state index in [1.165, 1.54) is 4.90 Å². The number of para-hydroxylation sites is 2. The van der Waals surface area contributed by atoms with Crippen molar-refractivity contribution in [2.24, 2.45) is 0 Å². The van der Waals surface area contributed by atoms with Gasteiger partial charge in [0.2, 0.25) is 0 Å². The lowest BCUT2D eigenvalue weighted by Crippen LogP contribution is -2.11. The fourth-order valence-electron chi connectivity index (χ4n) is 1.74. The van der Waals surface area contributed by atoms with Crippen LogP contribution in [0, 0.1) is 0 Å². The van der Waals surface area contributed by atoms with Crippen LogP contribution in [0.3, 0.4) is 0 Å². The summed E-state index contributed by atoms with van der Waals surface area (Å²) in [7, 11) is 2.03. The topological polar surface area (TPSA) is 29.3 Å². The van der Waals surface area contributed by atoms with Crippen LogP contribution in [0.4, 0.5) is 17.1 Å². The third-order valence-electron chi connectivity index (χ3n) is 2.76. The lowest BCUT2D eigenvalue weighted by molar-refractivity contribution is 1.20. The molecule has 0 aliphatic carbocycles. The second-order valence-electron chi connectivity index (χ2n) is 3.82. The fraction of sp³-hybridized carbons (Fsp3) is 0.143. The van der Waals surface area contributed by atoms with Crippen LogP contribution >= 0.6 is 11.8 Å². The van der Waals surface area contributed by atoms with Gasteiger partial charge in [-0.25, -0.2) is 0 Å². The van der Waals surface area contributed by atoms with Crippen molar-refractivity contribution in [1.29, 1.82) is 0 Å². The highest BCUT2D eigenvalue weighted by molar-refractivity contribution is 7.98. The SMILES string of the molecule is CSc1ccc(N(C)c2ccccc2N)cc1. The Morgan fingerprint density at radius 1 is 1.00 bits per heavy atom. The van der Waals surface area contributed by atoms with Gasteiger partial charge in [-0.3, -0.25) is 0 Å². The van der Waals surface area contributed by atoms with Gasteiger partial charge in [0.15, 0.2) is 0 Å². The van der Waals surface area contributed by atoms with Gasteiger partial charge in [0, 0.05) is 17.6 Å². The summed E-state index contributed by atoms with van der Waals surface area (Å²) in [5.74, 6) is 0. The standard InChI is InChI=1S/C14H16N2S/c1-16(14-6-4-3-5-13(14)15)11-7-9-12(17-2)10-8-11/h3-10H,15H2,1-2H3. The number of rotatable bonds is 3. The van der Waals surface area contributed by atoms with Crippen molar-refractivity contribution in [2.45, 2.75) is 4.90 Å². The van der Waals surface area contributed by atoms with Gasteiger partial charge in [-0.15, -0.1) is 11.8 Å². The molecular weight excluding hydrogens is 228 g/mol. The van der Waals surface area contributed by atoms with Crippen molar-refractivity contribution in [3.63, 3.8) is 0 Å². The van der Waals surface area contributed by atoms with E-state index in [9.17, 15) is 0 Å². The summed E-state index contributed by atoms with van der Waals surface area (Å²) < 4.78 is 0. The molecule has 0 aliphatic heterocycles. The van der Waals surface area contributed by atoms with Crippen LogP contribution in [0.1, 0.15) is 0 Å². The van der Waals surface area contributed by atoms with Crippen molar-refractivity contribution < 1.29 is 0 Å². The van der Waals surface area contributed by atoms with E-state index < -0.39 is 0 Å². The Labute approximate surface area is 106 Å². The van der Waals surface area contributed by atoms with E-state index in [0.29, 0.717) is 0 Å². The first-order valence-electron chi connectivity index (χ1n) is 5.44. The number of anilines is 3. The summed E-state index contributed by atoms with van der Waals surface area (Å²) in [6.45, 7) is 0. The van der Waals surface area contributed by atoms with E-state index in [-0.39, 0.29) is 0 Å². The molecule has 0 spiro atoms. The first kappa shape index (κ1) is 11.9. The maximum Gasteiger partial charge on any atom is 0.0641 e. The average Bonchev–Trinajstić information content (AvgIpc) is 2.39. The summed E-state index contributed by atoms with van der Waals surface area (Å²) in [5, 5.41) is 0. The van der Waals surface area contributed by atoms with Crippen LogP contribution in [-0.2, 0) is 0 Å². The molecule has 0 saturated carbocycles. The molecule has 0 amide bonds. The first-order valence-corrected chi connectivity index (χ1v) is 6.67. The summed E-state index contributed by atoms with van der Waals surface area (Å²) in [6, 6.07) is 16.4. The molecule has 2 aromatic carbocycles. The largest absolute Gasteiger partial charge is 0.397 e. The van der Waals surface area contributed by atoms with Gasteiger partial charge >= 0.3 is 0 Å². The molecule has 2 N–H and O–H groups in total. The average molecular weight is 244 g/mol. The smallest absolute Gasteiger partial charge is 0.0641 e. The molecule has 0 atom stereocenters. The maximum absolute atomic E-state index is 5.97. The van der Waals surface area contributed by atoms with Gasteiger partial charge in [0.05, 0.1) is 11.4 Å². The molecule has 0 radical (unpaired) electrons. The molecule has 3 heteroatoms. The maximum atomic E-state index is 5.97. The van der Waals surface area contributed by atoms with Crippen molar-refractivity contribution in [3.8, 4) is 0 Å². The predicted octanol–water partition coefficient (Wildman–Crippen LogP) is 3.76. The molecule has 0 bridgehead atoms. The highest BCUT2D eigenvalue weighted by Crippen LogP contribution is 2.29. The minimum atomic E-state index is 0.795. The number of benzene rings is 2. The van der Waals surface area contributed by atoms with E-state index in [1.54, 1.807) is 11.8 Å². The third kappa shape index (κ3) is 2.56. The molecular formula is C14H16N2S. The summed E-state index contributed by atoms with van der Waals surface area (Å²) >= 11 is 1.74. The third-order valence-corrected chi connectivity index (χ3v) is 3.50. The predicted molar refractivity (Wildman–Crippen MR) is 77.1 cm³/mol. The summed E-state index contributed by atoms with van der Waals surface area (Å²) in [4.78, 5) is 3.36. The van der Waals surface area contributed by atoms with Gasteiger partial charge < -0.3 is 10.6 Å². The second-order valence-corrected chi connectivity index (χ2v) is 4.70. The quantitative estimate of drug-likeness (QED) is 0.658. The van der Waals surface area contributed by atoms with Gasteiger partial charge in [0.1, 0.15) is 0 Å². The summed E-state index contributed by atoms with van der Waals surface area (Å²) in [6.07, 6.45) is 2.08. The number of hydrogen-bond donors (Lipinski definition) is 1. The van der Waals surface area contributed by atoms with Crippen LogP contribution in [0.2, 0.25) is 0 Å². The molecule has 88 valence electrons. The minimum absolute atomic E-state index is 0.795. The Balaban J connectivity index is 2.30. The zero-order chi connectivity index (χ0) is 12.3. The molecule has 2 nitrogen and oxygen atoms in total.